The molecule has 0 atom stereocenters. The Bertz CT molecular complexity index is 534. The second-order valence-electron chi connectivity index (χ2n) is 6.09. The molecule has 3 fully saturated rings. The summed E-state index contributed by atoms with van der Waals surface area (Å²) < 4.78 is 5.29. The Hall–Kier alpha value is -1.69. The fourth-order valence-corrected chi connectivity index (χ4v) is 2.94. The van der Waals surface area contributed by atoms with Crippen LogP contribution in [0.4, 0.5) is 5.82 Å². The molecule has 21 heavy (non-hydrogen) atoms. The Kier molecular flexibility index (Phi) is 3.25. The summed E-state index contributed by atoms with van der Waals surface area (Å²) in [5, 5.41) is 0. The van der Waals surface area contributed by atoms with Crippen LogP contribution >= 0.6 is 0 Å². The maximum atomic E-state index is 12.4. The van der Waals surface area contributed by atoms with E-state index in [2.05, 4.69) is 14.9 Å². The van der Waals surface area contributed by atoms with E-state index in [1.165, 1.54) is 12.8 Å². The molecule has 3 aliphatic rings. The van der Waals surface area contributed by atoms with Gasteiger partial charge < -0.3 is 14.5 Å². The standard InChI is InChI=1S/C15H20N4O2/c20-15(18-5-7-21-8-6-18)12-9-19(10-12)13-3-4-16-14(17-13)11-1-2-11/h3-4,11-12H,1-2,5-10H2. The highest BCUT2D eigenvalue weighted by Gasteiger charge is 2.37. The minimum absolute atomic E-state index is 0.113. The zero-order chi connectivity index (χ0) is 14.2. The van der Waals surface area contributed by atoms with Crippen LogP contribution in [0, 0.1) is 5.92 Å². The van der Waals surface area contributed by atoms with Crippen LogP contribution < -0.4 is 4.90 Å². The summed E-state index contributed by atoms with van der Waals surface area (Å²) in [6.07, 6.45) is 4.26. The van der Waals surface area contributed by atoms with Gasteiger partial charge in [0.2, 0.25) is 5.91 Å². The lowest BCUT2D eigenvalue weighted by Gasteiger charge is -2.42. The number of carbonyl (C=O) groups is 1. The molecule has 0 radical (unpaired) electrons. The molecular weight excluding hydrogens is 268 g/mol. The van der Waals surface area contributed by atoms with Gasteiger partial charge in [0, 0.05) is 38.3 Å². The minimum Gasteiger partial charge on any atom is -0.378 e. The van der Waals surface area contributed by atoms with E-state index in [0.717, 1.165) is 37.8 Å². The van der Waals surface area contributed by atoms with Crippen LogP contribution in [0.3, 0.4) is 0 Å². The number of amides is 1. The third-order valence-corrected chi connectivity index (χ3v) is 4.48. The van der Waals surface area contributed by atoms with E-state index >= 15 is 0 Å². The summed E-state index contributed by atoms with van der Waals surface area (Å²) in [7, 11) is 0. The SMILES string of the molecule is O=C(C1CN(c2ccnc(C3CC3)n2)C1)N1CCOCC1. The average Bonchev–Trinajstić information content (AvgIpc) is 3.31. The van der Waals surface area contributed by atoms with Gasteiger partial charge in [0.1, 0.15) is 11.6 Å². The molecule has 0 bridgehead atoms. The maximum absolute atomic E-state index is 12.4. The zero-order valence-electron chi connectivity index (χ0n) is 12.1. The van der Waals surface area contributed by atoms with Crippen molar-refractivity contribution in [3.8, 4) is 0 Å². The number of aromatic nitrogens is 2. The van der Waals surface area contributed by atoms with E-state index < -0.39 is 0 Å². The molecular formula is C15H20N4O2. The van der Waals surface area contributed by atoms with Crippen molar-refractivity contribution in [3.05, 3.63) is 18.1 Å². The second kappa shape index (κ2) is 5.26. The summed E-state index contributed by atoms with van der Waals surface area (Å²) in [6, 6.07) is 1.95. The summed E-state index contributed by atoms with van der Waals surface area (Å²) in [4.78, 5) is 25.4. The largest absolute Gasteiger partial charge is 0.378 e. The highest BCUT2D eigenvalue weighted by atomic mass is 16.5. The van der Waals surface area contributed by atoms with Crippen LogP contribution in [-0.4, -0.2) is 60.2 Å². The van der Waals surface area contributed by atoms with E-state index in [9.17, 15) is 4.79 Å². The quantitative estimate of drug-likeness (QED) is 0.817. The monoisotopic (exact) mass is 288 g/mol. The number of nitrogens with zero attached hydrogens (tertiary/aromatic N) is 4. The summed E-state index contributed by atoms with van der Waals surface area (Å²) in [5.74, 6) is 2.89. The molecule has 0 N–H and O–H groups in total. The molecule has 3 heterocycles. The van der Waals surface area contributed by atoms with Crippen LogP contribution in [0.5, 0.6) is 0 Å². The molecule has 4 rings (SSSR count). The minimum atomic E-state index is 0.113. The predicted molar refractivity (Wildman–Crippen MR) is 77.1 cm³/mol. The van der Waals surface area contributed by atoms with E-state index in [1.54, 1.807) is 0 Å². The van der Waals surface area contributed by atoms with E-state index in [4.69, 9.17) is 4.74 Å². The van der Waals surface area contributed by atoms with Crippen molar-refractivity contribution in [1.82, 2.24) is 14.9 Å². The van der Waals surface area contributed by atoms with Crippen LogP contribution in [0.2, 0.25) is 0 Å². The van der Waals surface area contributed by atoms with Crippen molar-refractivity contribution < 1.29 is 9.53 Å². The van der Waals surface area contributed by atoms with Crippen molar-refractivity contribution in [2.24, 2.45) is 5.92 Å². The fourth-order valence-electron chi connectivity index (χ4n) is 2.94. The summed E-state index contributed by atoms with van der Waals surface area (Å²) >= 11 is 0. The molecule has 112 valence electrons. The molecule has 2 aliphatic heterocycles. The summed E-state index contributed by atoms with van der Waals surface area (Å²) in [5.41, 5.74) is 0. The van der Waals surface area contributed by atoms with E-state index in [0.29, 0.717) is 19.1 Å². The molecule has 1 amide bonds. The third-order valence-electron chi connectivity index (χ3n) is 4.48. The molecule has 1 saturated carbocycles. The van der Waals surface area contributed by atoms with Gasteiger partial charge in [-0.15, -0.1) is 0 Å². The molecule has 1 aliphatic carbocycles. The molecule has 6 nitrogen and oxygen atoms in total. The summed E-state index contributed by atoms with van der Waals surface area (Å²) in [6.45, 7) is 4.34. The highest BCUT2D eigenvalue weighted by Crippen LogP contribution is 2.38. The molecule has 0 aromatic carbocycles. The number of carbonyl (C=O) groups excluding carboxylic acids is 1. The highest BCUT2D eigenvalue weighted by molar-refractivity contribution is 5.82. The van der Waals surface area contributed by atoms with Gasteiger partial charge in [0.15, 0.2) is 0 Å². The van der Waals surface area contributed by atoms with Crippen molar-refractivity contribution >= 4 is 11.7 Å². The number of hydrogen-bond donors (Lipinski definition) is 0. The van der Waals surface area contributed by atoms with Crippen molar-refractivity contribution in [2.75, 3.05) is 44.3 Å². The van der Waals surface area contributed by atoms with Crippen LogP contribution in [0.25, 0.3) is 0 Å². The van der Waals surface area contributed by atoms with Crippen LogP contribution in [-0.2, 0) is 9.53 Å². The lowest BCUT2D eigenvalue weighted by atomic mass is 9.98. The van der Waals surface area contributed by atoms with Gasteiger partial charge in [0.25, 0.3) is 0 Å². The smallest absolute Gasteiger partial charge is 0.229 e. The first-order valence-corrected chi connectivity index (χ1v) is 7.75. The van der Waals surface area contributed by atoms with Gasteiger partial charge in [-0.3, -0.25) is 4.79 Å². The number of morpholine rings is 1. The Morgan fingerprint density at radius 1 is 1.24 bits per heavy atom. The maximum Gasteiger partial charge on any atom is 0.229 e. The molecule has 0 spiro atoms. The van der Waals surface area contributed by atoms with Crippen molar-refractivity contribution in [1.29, 1.82) is 0 Å². The fraction of sp³-hybridized carbons (Fsp3) is 0.667. The number of anilines is 1. The van der Waals surface area contributed by atoms with Crippen LogP contribution in [0.15, 0.2) is 12.3 Å². The van der Waals surface area contributed by atoms with Gasteiger partial charge in [0.05, 0.1) is 19.1 Å². The van der Waals surface area contributed by atoms with E-state index in [-0.39, 0.29) is 11.8 Å². The zero-order valence-corrected chi connectivity index (χ0v) is 12.1. The van der Waals surface area contributed by atoms with Crippen molar-refractivity contribution in [3.63, 3.8) is 0 Å². The second-order valence-corrected chi connectivity index (χ2v) is 6.09. The first-order valence-electron chi connectivity index (χ1n) is 7.75. The lowest BCUT2D eigenvalue weighted by Crippen LogP contribution is -2.56. The Labute approximate surface area is 124 Å². The van der Waals surface area contributed by atoms with Crippen LogP contribution in [0.1, 0.15) is 24.6 Å². The number of ether oxygens (including phenoxy) is 1. The normalized spacial score (nSPS) is 23.0. The Balaban J connectivity index is 1.36. The average molecular weight is 288 g/mol. The molecule has 0 unspecified atom stereocenters. The number of hydrogen-bond acceptors (Lipinski definition) is 5. The van der Waals surface area contributed by atoms with Gasteiger partial charge in [-0.2, -0.15) is 0 Å². The number of rotatable bonds is 3. The third kappa shape index (κ3) is 2.60. The van der Waals surface area contributed by atoms with Gasteiger partial charge in [-0.25, -0.2) is 9.97 Å². The van der Waals surface area contributed by atoms with Gasteiger partial charge in [-0.1, -0.05) is 0 Å². The lowest BCUT2D eigenvalue weighted by molar-refractivity contribution is -0.140. The Morgan fingerprint density at radius 2 is 2.00 bits per heavy atom. The van der Waals surface area contributed by atoms with Gasteiger partial charge >= 0.3 is 0 Å². The topological polar surface area (TPSA) is 58.6 Å². The Morgan fingerprint density at radius 3 is 2.71 bits per heavy atom. The molecule has 6 heteroatoms. The first kappa shape index (κ1) is 13.0. The molecule has 2 saturated heterocycles. The predicted octanol–water partition coefficient (Wildman–Crippen LogP) is 0.649. The van der Waals surface area contributed by atoms with Crippen molar-refractivity contribution in [2.45, 2.75) is 18.8 Å². The molecule has 1 aromatic heterocycles. The van der Waals surface area contributed by atoms with E-state index in [1.807, 2.05) is 17.2 Å². The van der Waals surface area contributed by atoms with Gasteiger partial charge in [-0.05, 0) is 18.9 Å². The molecule has 1 aromatic rings. The first-order chi connectivity index (χ1) is 10.3.